The molecule has 0 saturated carbocycles. The van der Waals surface area contributed by atoms with Crippen LogP contribution in [0.1, 0.15) is 17.7 Å². The van der Waals surface area contributed by atoms with Gasteiger partial charge in [-0.25, -0.2) is 0 Å². The summed E-state index contributed by atoms with van der Waals surface area (Å²) < 4.78 is 7.40. The maximum absolute atomic E-state index is 8.68. The van der Waals surface area contributed by atoms with Crippen LogP contribution in [-0.2, 0) is 13.7 Å². The summed E-state index contributed by atoms with van der Waals surface area (Å²) in [6.45, 7) is 0.525. The van der Waals surface area contributed by atoms with E-state index in [-0.39, 0.29) is 6.61 Å². The lowest BCUT2D eigenvalue weighted by Crippen LogP contribution is -1.98. The third-order valence-electron chi connectivity index (χ3n) is 2.46. The zero-order valence-corrected chi connectivity index (χ0v) is 10.8. The van der Waals surface area contributed by atoms with E-state index in [9.17, 15) is 0 Å². The lowest BCUT2D eigenvalue weighted by Gasteiger charge is -2.04. The van der Waals surface area contributed by atoms with Crippen LogP contribution in [0.3, 0.4) is 0 Å². The van der Waals surface area contributed by atoms with E-state index >= 15 is 0 Å². The van der Waals surface area contributed by atoms with Crippen LogP contribution < -0.4 is 4.74 Å². The highest BCUT2D eigenvalue weighted by molar-refractivity contribution is 5.39. The van der Waals surface area contributed by atoms with Crippen LogP contribution in [0.15, 0.2) is 36.5 Å². The molecule has 19 heavy (non-hydrogen) atoms. The fourth-order valence-corrected chi connectivity index (χ4v) is 1.58. The second-order valence-electron chi connectivity index (χ2n) is 4.07. The first kappa shape index (κ1) is 13.2. The average molecular weight is 256 g/mol. The molecule has 0 aliphatic heterocycles. The van der Waals surface area contributed by atoms with Crippen molar-refractivity contribution >= 4 is 0 Å². The molecule has 1 heterocycles. The van der Waals surface area contributed by atoms with Crippen LogP contribution in [0.4, 0.5) is 0 Å². The molecule has 2 rings (SSSR count). The summed E-state index contributed by atoms with van der Waals surface area (Å²) in [4.78, 5) is 0. The Morgan fingerprint density at radius 1 is 1.37 bits per heavy atom. The number of aliphatic hydroxyl groups is 1. The number of ether oxygens (including phenoxy) is 1. The molecular formula is C15H16N2O2. The van der Waals surface area contributed by atoms with Gasteiger partial charge in [-0.3, -0.25) is 4.68 Å². The van der Waals surface area contributed by atoms with Gasteiger partial charge in [0.1, 0.15) is 12.4 Å². The summed E-state index contributed by atoms with van der Waals surface area (Å²) >= 11 is 0. The van der Waals surface area contributed by atoms with Gasteiger partial charge in [0.05, 0.1) is 12.3 Å². The number of hydrogen-bond acceptors (Lipinski definition) is 3. The van der Waals surface area contributed by atoms with E-state index in [2.05, 4.69) is 16.9 Å². The van der Waals surface area contributed by atoms with Crippen molar-refractivity contribution in [1.29, 1.82) is 0 Å². The van der Waals surface area contributed by atoms with Gasteiger partial charge in [-0.2, -0.15) is 5.10 Å². The van der Waals surface area contributed by atoms with E-state index < -0.39 is 0 Å². The molecule has 0 spiro atoms. The van der Waals surface area contributed by atoms with Gasteiger partial charge in [-0.1, -0.05) is 17.9 Å². The third-order valence-corrected chi connectivity index (χ3v) is 2.46. The Balaban J connectivity index is 1.97. The zero-order chi connectivity index (χ0) is 13.5. The largest absolute Gasteiger partial charge is 0.487 e. The van der Waals surface area contributed by atoms with Crippen LogP contribution in [0, 0.1) is 11.8 Å². The smallest absolute Gasteiger partial charge is 0.132 e. The van der Waals surface area contributed by atoms with Gasteiger partial charge in [0.25, 0.3) is 0 Å². The van der Waals surface area contributed by atoms with E-state index in [0.717, 1.165) is 17.0 Å². The SMILES string of the molecule is Cn1ccc(COc2cccc(C#CCCO)c2)n1. The van der Waals surface area contributed by atoms with Crippen LogP contribution >= 0.6 is 0 Å². The Bertz CT molecular complexity index is 593. The monoisotopic (exact) mass is 256 g/mol. The van der Waals surface area contributed by atoms with E-state index in [1.807, 2.05) is 43.6 Å². The fourth-order valence-electron chi connectivity index (χ4n) is 1.58. The Morgan fingerprint density at radius 3 is 3.00 bits per heavy atom. The van der Waals surface area contributed by atoms with Gasteiger partial charge in [0.2, 0.25) is 0 Å². The maximum Gasteiger partial charge on any atom is 0.132 e. The van der Waals surface area contributed by atoms with E-state index in [4.69, 9.17) is 9.84 Å². The Kier molecular flexibility index (Phi) is 4.60. The molecule has 4 nitrogen and oxygen atoms in total. The first-order valence-corrected chi connectivity index (χ1v) is 6.09. The van der Waals surface area contributed by atoms with Crippen molar-refractivity contribution in [2.24, 2.45) is 7.05 Å². The summed E-state index contributed by atoms with van der Waals surface area (Å²) in [5.74, 6) is 6.63. The van der Waals surface area contributed by atoms with Gasteiger partial charge >= 0.3 is 0 Å². The van der Waals surface area contributed by atoms with Gasteiger partial charge in [0.15, 0.2) is 0 Å². The van der Waals surface area contributed by atoms with Gasteiger partial charge in [-0.15, -0.1) is 0 Å². The van der Waals surface area contributed by atoms with Crippen LogP contribution in [0.25, 0.3) is 0 Å². The molecule has 0 aliphatic rings. The minimum absolute atomic E-state index is 0.0862. The van der Waals surface area contributed by atoms with Crippen molar-refractivity contribution in [3.63, 3.8) is 0 Å². The molecule has 0 aliphatic carbocycles. The van der Waals surface area contributed by atoms with E-state index in [1.54, 1.807) is 4.68 Å². The van der Waals surface area contributed by atoms with Crippen molar-refractivity contribution < 1.29 is 9.84 Å². The lowest BCUT2D eigenvalue weighted by atomic mass is 10.2. The molecule has 1 N–H and O–H groups in total. The molecule has 98 valence electrons. The Hall–Kier alpha value is -2.25. The quantitative estimate of drug-likeness (QED) is 0.847. The molecule has 1 aromatic carbocycles. The summed E-state index contributed by atoms with van der Waals surface area (Å²) in [6, 6.07) is 9.51. The zero-order valence-electron chi connectivity index (χ0n) is 10.8. The Morgan fingerprint density at radius 2 is 2.26 bits per heavy atom. The predicted molar refractivity (Wildman–Crippen MR) is 72.6 cm³/mol. The van der Waals surface area contributed by atoms with Gasteiger partial charge in [0, 0.05) is 25.2 Å². The summed E-state index contributed by atoms with van der Waals surface area (Å²) in [7, 11) is 1.88. The normalized spacial score (nSPS) is 9.79. The van der Waals surface area contributed by atoms with Crippen LogP contribution in [-0.4, -0.2) is 21.5 Å². The van der Waals surface area contributed by atoms with Crippen molar-refractivity contribution in [2.45, 2.75) is 13.0 Å². The molecule has 2 aromatic rings. The number of nitrogens with zero attached hydrogens (tertiary/aromatic N) is 2. The van der Waals surface area contributed by atoms with Crippen molar-refractivity contribution in [3.05, 3.63) is 47.8 Å². The second kappa shape index (κ2) is 6.62. The molecule has 0 radical (unpaired) electrons. The van der Waals surface area contributed by atoms with Crippen LogP contribution in [0.5, 0.6) is 5.75 Å². The number of benzene rings is 1. The fraction of sp³-hybridized carbons (Fsp3) is 0.267. The van der Waals surface area contributed by atoms with Crippen molar-refractivity contribution in [1.82, 2.24) is 9.78 Å². The summed E-state index contributed by atoms with van der Waals surface area (Å²) in [6.07, 6.45) is 2.37. The maximum atomic E-state index is 8.68. The third kappa shape index (κ3) is 4.16. The average Bonchev–Trinajstić information content (AvgIpc) is 2.83. The lowest BCUT2D eigenvalue weighted by molar-refractivity contribution is 0.300. The molecule has 0 saturated heterocycles. The predicted octanol–water partition coefficient (Wildman–Crippen LogP) is 1.73. The number of aryl methyl sites for hydroxylation is 1. The highest BCUT2D eigenvalue weighted by Gasteiger charge is 1.99. The number of rotatable bonds is 4. The standard InChI is InChI=1S/C15H16N2O2/c1-17-9-8-14(16-17)12-19-15-7-4-6-13(11-15)5-2-3-10-18/h4,6-9,11,18H,3,10,12H2,1H3. The molecule has 0 atom stereocenters. The second-order valence-corrected chi connectivity index (χ2v) is 4.07. The number of hydrogen-bond donors (Lipinski definition) is 1. The summed E-state index contributed by atoms with van der Waals surface area (Å²) in [5.41, 5.74) is 1.77. The van der Waals surface area contributed by atoms with E-state index in [1.165, 1.54) is 0 Å². The highest BCUT2D eigenvalue weighted by atomic mass is 16.5. The molecule has 0 amide bonds. The van der Waals surface area contributed by atoms with Gasteiger partial charge < -0.3 is 9.84 Å². The number of aliphatic hydroxyl groups excluding tert-OH is 1. The molecule has 0 fully saturated rings. The Labute approximate surface area is 112 Å². The first-order chi connectivity index (χ1) is 9.28. The molecule has 0 unspecified atom stereocenters. The van der Waals surface area contributed by atoms with Crippen molar-refractivity contribution in [2.75, 3.05) is 6.61 Å². The molecule has 1 aromatic heterocycles. The minimum Gasteiger partial charge on any atom is -0.487 e. The van der Waals surface area contributed by atoms with Crippen LogP contribution in [0.2, 0.25) is 0 Å². The first-order valence-electron chi connectivity index (χ1n) is 6.09. The molecular weight excluding hydrogens is 240 g/mol. The minimum atomic E-state index is 0.0862. The van der Waals surface area contributed by atoms with Crippen molar-refractivity contribution in [3.8, 4) is 17.6 Å². The van der Waals surface area contributed by atoms with Gasteiger partial charge in [-0.05, 0) is 24.3 Å². The number of aromatic nitrogens is 2. The molecule has 4 heteroatoms. The topological polar surface area (TPSA) is 47.3 Å². The highest BCUT2D eigenvalue weighted by Crippen LogP contribution is 2.14. The molecule has 0 bridgehead atoms. The van der Waals surface area contributed by atoms with E-state index in [0.29, 0.717) is 13.0 Å². The summed E-state index contributed by atoms with van der Waals surface area (Å²) in [5, 5.41) is 12.9.